The number of H-pyrrole nitrogens is 2. The van der Waals surface area contributed by atoms with Gasteiger partial charge in [0.15, 0.2) is 17.4 Å². The SMILES string of the molecule is C1CCOC1.[2H]C([2H])([2H])N(C)C(=O)Cc1c[nH]c2ccccc12.[2H]C([2H])([2H])N(C)CCc1c[nH]c2ccccc12.[AlH3].[H-].[Li+]. The van der Waals surface area contributed by atoms with Crippen LogP contribution in [0.3, 0.4) is 0 Å². The van der Waals surface area contributed by atoms with Crippen molar-refractivity contribution in [1.82, 2.24) is 19.8 Å². The minimum Gasteiger partial charge on any atom is -1.00 e. The van der Waals surface area contributed by atoms with Crippen LogP contribution in [0.2, 0.25) is 0 Å². The van der Waals surface area contributed by atoms with Crippen molar-refractivity contribution in [2.45, 2.75) is 25.7 Å². The molecule has 3 heterocycles. The number of hydrogen-bond donors (Lipinski definition) is 2. The maximum atomic E-state index is 11.9. The second kappa shape index (κ2) is 16.7. The zero-order valence-corrected chi connectivity index (χ0v) is 20.9. The molecule has 5 rings (SSSR count). The van der Waals surface area contributed by atoms with Crippen molar-refractivity contribution >= 4 is 45.1 Å². The average Bonchev–Trinajstić information content (AvgIpc) is 3.69. The Bertz CT molecular complexity index is 1370. The molecule has 0 unspecified atom stereocenters. The molecule has 8 heteroatoms. The molecule has 1 aliphatic heterocycles. The summed E-state index contributed by atoms with van der Waals surface area (Å²) in [5.74, 6) is -0.417. The topological polar surface area (TPSA) is 64.4 Å². The molecule has 2 aromatic heterocycles. The van der Waals surface area contributed by atoms with E-state index in [1.54, 1.807) is 13.2 Å². The molecule has 0 radical (unpaired) electrons. The number of nitrogens with zero attached hydrogens (tertiary/aromatic N) is 2. The van der Waals surface area contributed by atoms with Gasteiger partial charge in [-0.15, -0.1) is 0 Å². The summed E-state index contributed by atoms with van der Waals surface area (Å²) < 4.78 is 48.4. The fourth-order valence-corrected chi connectivity index (χ4v) is 3.70. The van der Waals surface area contributed by atoms with E-state index in [0.717, 1.165) is 52.1 Å². The Balaban J connectivity index is 0.000000665. The van der Waals surface area contributed by atoms with E-state index in [-0.39, 0.29) is 44.1 Å². The van der Waals surface area contributed by atoms with E-state index >= 15 is 0 Å². The molecule has 0 spiro atoms. The molecule has 36 heavy (non-hydrogen) atoms. The number of likely N-dealkylation sites (N-methyl/N-ethyl adjacent to an activating group) is 2. The molecule has 4 aromatic rings. The molecule has 1 saturated heterocycles. The van der Waals surface area contributed by atoms with Gasteiger partial charge in [-0.1, -0.05) is 36.4 Å². The molecule has 2 N–H and O–H groups in total. The zero-order valence-electron chi connectivity index (χ0n) is 27.9. The maximum Gasteiger partial charge on any atom is 1.00 e. The van der Waals surface area contributed by atoms with Crippen LogP contribution in [0.4, 0.5) is 0 Å². The van der Waals surface area contributed by atoms with Crippen molar-refractivity contribution in [3.63, 3.8) is 0 Å². The summed E-state index contributed by atoms with van der Waals surface area (Å²) in [6, 6.07) is 15.7. The fraction of sp³-hybridized carbons (Fsp3) is 0.393. The molecule has 0 aliphatic carbocycles. The van der Waals surface area contributed by atoms with Crippen LogP contribution >= 0.6 is 0 Å². The number of aromatic amines is 2. The molecule has 0 saturated carbocycles. The quantitative estimate of drug-likeness (QED) is 0.394. The first-order chi connectivity index (χ1) is 18.9. The van der Waals surface area contributed by atoms with Gasteiger partial charge in [-0.2, -0.15) is 0 Å². The molecule has 0 bridgehead atoms. The summed E-state index contributed by atoms with van der Waals surface area (Å²) in [6.45, 7) is -1.87. The Kier molecular flexibility index (Phi) is 10.8. The van der Waals surface area contributed by atoms with Gasteiger partial charge in [0.25, 0.3) is 0 Å². The number of para-hydroxylation sites is 2. The minimum atomic E-state index is -2.39. The van der Waals surface area contributed by atoms with Crippen molar-refractivity contribution in [2.24, 2.45) is 0 Å². The molecule has 1 amide bonds. The fourth-order valence-electron chi connectivity index (χ4n) is 3.70. The largest absolute Gasteiger partial charge is 1.00 e. The first-order valence-corrected chi connectivity index (χ1v) is 11.5. The first kappa shape index (κ1) is 23.2. The van der Waals surface area contributed by atoms with Crippen molar-refractivity contribution < 1.29 is 38.0 Å². The number of rotatable bonds is 5. The number of aromatic nitrogens is 2. The summed E-state index contributed by atoms with van der Waals surface area (Å²) in [7, 11) is 2.92. The summed E-state index contributed by atoms with van der Waals surface area (Å²) in [5, 5.41) is 2.12. The van der Waals surface area contributed by atoms with Gasteiger partial charge in [-0.25, -0.2) is 0 Å². The Morgan fingerprint density at radius 3 is 2.03 bits per heavy atom. The van der Waals surface area contributed by atoms with Crippen LogP contribution in [-0.4, -0.2) is 90.8 Å². The van der Waals surface area contributed by atoms with Crippen molar-refractivity contribution in [3.05, 3.63) is 72.1 Å². The van der Waals surface area contributed by atoms with Crippen LogP contribution < -0.4 is 18.9 Å². The van der Waals surface area contributed by atoms with Crippen LogP contribution in [0.25, 0.3) is 21.8 Å². The predicted octanol–water partition coefficient (Wildman–Crippen LogP) is 0.800. The summed E-state index contributed by atoms with van der Waals surface area (Å²) in [5.41, 5.74) is 4.01. The second-order valence-corrected chi connectivity index (χ2v) is 8.34. The number of nitrogens with one attached hydrogen (secondary N) is 2. The molecule has 1 fully saturated rings. The van der Waals surface area contributed by atoms with Gasteiger partial charge < -0.3 is 25.9 Å². The smallest absolute Gasteiger partial charge is 1.00 e. The Morgan fingerprint density at radius 1 is 0.944 bits per heavy atom. The van der Waals surface area contributed by atoms with Crippen LogP contribution in [0.5, 0.6) is 0 Å². The molecule has 190 valence electrons. The number of benzene rings is 2. The summed E-state index contributed by atoms with van der Waals surface area (Å²) >= 11 is 0. The van der Waals surface area contributed by atoms with E-state index in [0.29, 0.717) is 6.54 Å². The van der Waals surface area contributed by atoms with Crippen molar-refractivity contribution in [1.29, 1.82) is 0 Å². The van der Waals surface area contributed by atoms with E-state index in [1.165, 1.54) is 30.2 Å². The molecule has 0 atom stereocenters. The first-order valence-electron chi connectivity index (χ1n) is 14.5. The van der Waals surface area contributed by atoms with Gasteiger partial charge in [0.1, 0.15) is 0 Å². The number of ether oxygens (including phenoxy) is 1. The predicted molar refractivity (Wildman–Crippen MR) is 152 cm³/mol. The van der Waals surface area contributed by atoms with Crippen LogP contribution in [0, 0.1) is 0 Å². The number of carbonyl (C=O) groups excluding carboxylic acids is 1. The molecule has 6 nitrogen and oxygen atoms in total. The third-order valence-corrected chi connectivity index (χ3v) is 5.61. The number of amides is 1. The van der Waals surface area contributed by atoms with Gasteiger partial charge in [0.05, 0.1) is 6.42 Å². The van der Waals surface area contributed by atoms with E-state index in [9.17, 15) is 4.79 Å². The van der Waals surface area contributed by atoms with Crippen LogP contribution in [-0.2, 0) is 22.4 Å². The van der Waals surface area contributed by atoms with E-state index < -0.39 is 19.9 Å². The van der Waals surface area contributed by atoms with E-state index in [2.05, 4.69) is 16.0 Å². The van der Waals surface area contributed by atoms with E-state index in [1.807, 2.05) is 48.7 Å². The third kappa shape index (κ3) is 9.83. The zero-order chi connectivity index (χ0) is 29.3. The molecule has 1 aliphatic rings. The summed E-state index contributed by atoms with van der Waals surface area (Å²) in [4.78, 5) is 20.3. The standard InChI is InChI=1S/C12H14N2O.C12H16N2.C4H8O.Al.Li.4H/c1-14(2)12(15)7-9-8-13-11-6-4-3-5-10(9)11;1-14(2)8-7-10-9-13-12-6-4-3-5-11(10)12;1-2-4-5-3-1;;;;;;/h3-6,8,13H,7H2,1-2H3;3-6,9,13H,7-8H2,1-2H3;1-4H2;;;;;;/q;;;;+1;;;;-1/i2*1D3;;;;;;;. The Hall–Kier alpha value is -1.96. The second-order valence-electron chi connectivity index (χ2n) is 8.34. The number of carbonyl (C=O) groups is 1. The minimum absolute atomic E-state index is 0. The third-order valence-electron chi connectivity index (χ3n) is 5.61. The van der Waals surface area contributed by atoms with Gasteiger partial charge in [-0.3, -0.25) is 4.79 Å². The van der Waals surface area contributed by atoms with Crippen LogP contribution in [0.15, 0.2) is 60.9 Å². The van der Waals surface area contributed by atoms with Gasteiger partial charge in [0.2, 0.25) is 5.91 Å². The van der Waals surface area contributed by atoms with Gasteiger partial charge in [-0.05, 0) is 56.5 Å². The molecular formula is C28H42AlLiN4O2. The van der Waals surface area contributed by atoms with Crippen molar-refractivity contribution in [2.75, 3.05) is 47.8 Å². The Labute approximate surface area is 248 Å². The average molecular weight is 507 g/mol. The number of hydrogen-bond acceptors (Lipinski definition) is 3. The van der Waals surface area contributed by atoms with Gasteiger partial charge >= 0.3 is 18.9 Å². The number of fused-ring (bicyclic) bond motifs is 2. The molecule has 2 aromatic carbocycles. The Morgan fingerprint density at radius 2 is 1.50 bits per heavy atom. The van der Waals surface area contributed by atoms with Gasteiger partial charge in [0, 0.05) is 76.2 Å². The maximum absolute atomic E-state index is 11.9. The summed E-state index contributed by atoms with van der Waals surface area (Å²) in [6.07, 6.45) is 7.08. The normalized spacial score (nSPS) is 15.3. The van der Waals surface area contributed by atoms with Crippen LogP contribution in [0.1, 0.15) is 33.6 Å². The van der Waals surface area contributed by atoms with Crippen molar-refractivity contribution in [3.8, 4) is 0 Å². The molecular weight excluding hydrogens is 458 g/mol. The van der Waals surface area contributed by atoms with E-state index in [4.69, 9.17) is 13.0 Å². The monoisotopic (exact) mass is 506 g/mol.